The van der Waals surface area contributed by atoms with Crippen LogP contribution in [0, 0.1) is 13.8 Å². The summed E-state index contributed by atoms with van der Waals surface area (Å²) in [5.41, 5.74) is 3.79. The Morgan fingerprint density at radius 2 is 1.89 bits per heavy atom. The van der Waals surface area contributed by atoms with Gasteiger partial charge in [0.15, 0.2) is 0 Å². The molecule has 3 rings (SSSR count). The van der Waals surface area contributed by atoms with E-state index in [-0.39, 0.29) is 11.8 Å². The Morgan fingerprint density at radius 1 is 1.14 bits per heavy atom. The van der Waals surface area contributed by atoms with Gasteiger partial charge in [-0.1, -0.05) is 29.8 Å². The predicted molar refractivity (Wildman–Crippen MR) is 112 cm³/mol. The summed E-state index contributed by atoms with van der Waals surface area (Å²) in [6.07, 6.45) is 3.16. The Balaban J connectivity index is 1.71. The van der Waals surface area contributed by atoms with Gasteiger partial charge in [0.05, 0.1) is 13.2 Å². The summed E-state index contributed by atoms with van der Waals surface area (Å²) in [5.74, 6) is -0.308. The van der Waals surface area contributed by atoms with Crippen molar-refractivity contribution in [2.24, 2.45) is 0 Å². The molecule has 146 valence electrons. The molecule has 0 saturated carbocycles. The highest BCUT2D eigenvalue weighted by atomic mass is 35.5. The molecule has 0 unspecified atom stereocenters. The fraction of sp³-hybridized carbons (Fsp3) is 0.273. The van der Waals surface area contributed by atoms with Gasteiger partial charge in [0.1, 0.15) is 0 Å². The second kappa shape index (κ2) is 9.04. The van der Waals surface area contributed by atoms with Crippen LogP contribution in [0.2, 0.25) is 5.02 Å². The molecule has 6 heteroatoms. The van der Waals surface area contributed by atoms with Gasteiger partial charge in [-0.2, -0.15) is 0 Å². The van der Waals surface area contributed by atoms with E-state index in [1.54, 1.807) is 29.2 Å². The molecule has 28 heavy (non-hydrogen) atoms. The molecule has 1 aliphatic rings. The number of carbonyl (C=O) groups is 2. The zero-order valence-electron chi connectivity index (χ0n) is 16.0. The number of aryl methyl sites for hydroxylation is 1. The molecule has 5 nitrogen and oxygen atoms in total. The van der Waals surface area contributed by atoms with E-state index in [1.165, 1.54) is 6.08 Å². The zero-order chi connectivity index (χ0) is 20.1. The van der Waals surface area contributed by atoms with Crippen LogP contribution >= 0.6 is 11.6 Å². The van der Waals surface area contributed by atoms with Gasteiger partial charge in [-0.3, -0.25) is 9.59 Å². The number of hydrogen-bond acceptors (Lipinski definition) is 3. The van der Waals surface area contributed by atoms with Gasteiger partial charge in [0.25, 0.3) is 5.91 Å². The lowest BCUT2D eigenvalue weighted by Gasteiger charge is -2.27. The van der Waals surface area contributed by atoms with E-state index >= 15 is 0 Å². The first-order chi connectivity index (χ1) is 13.5. The average molecular weight is 399 g/mol. The number of rotatable bonds is 4. The fourth-order valence-electron chi connectivity index (χ4n) is 3.00. The van der Waals surface area contributed by atoms with E-state index in [4.69, 9.17) is 16.3 Å². The van der Waals surface area contributed by atoms with Crippen LogP contribution in [-0.4, -0.2) is 43.0 Å². The maximum absolute atomic E-state index is 12.8. The summed E-state index contributed by atoms with van der Waals surface area (Å²) < 4.78 is 5.30. The topological polar surface area (TPSA) is 58.6 Å². The second-order valence-electron chi connectivity index (χ2n) is 6.71. The Bertz CT molecular complexity index is 918. The number of halogens is 1. The summed E-state index contributed by atoms with van der Waals surface area (Å²) in [7, 11) is 0. The van der Waals surface area contributed by atoms with Crippen molar-refractivity contribution in [3.05, 3.63) is 69.8 Å². The van der Waals surface area contributed by atoms with Crippen LogP contribution in [0.5, 0.6) is 0 Å². The van der Waals surface area contributed by atoms with Gasteiger partial charge in [0.2, 0.25) is 5.91 Å². The SMILES string of the molecule is Cc1ccc(/C=C/C(=O)Nc2cccc(C(=O)N3CCOCC3)c2C)cc1Cl. The molecule has 0 aliphatic carbocycles. The standard InChI is InChI=1S/C22H23ClN2O3/c1-15-6-7-17(14-19(15)23)8-9-21(26)24-20-5-3-4-18(16(20)2)22(27)25-10-12-28-13-11-25/h3-9,14H,10-13H2,1-2H3,(H,24,26)/b9-8+. The van der Waals surface area contributed by atoms with Crippen molar-refractivity contribution in [3.8, 4) is 0 Å². The first-order valence-corrected chi connectivity index (χ1v) is 9.55. The predicted octanol–water partition coefficient (Wildman–Crippen LogP) is 4.08. The molecule has 1 fully saturated rings. The third-order valence-corrected chi connectivity index (χ3v) is 5.15. The van der Waals surface area contributed by atoms with Crippen LogP contribution in [0.1, 0.15) is 27.0 Å². The highest BCUT2D eigenvalue weighted by Gasteiger charge is 2.21. The van der Waals surface area contributed by atoms with Gasteiger partial charge in [-0.25, -0.2) is 0 Å². The number of nitrogens with zero attached hydrogens (tertiary/aromatic N) is 1. The van der Waals surface area contributed by atoms with Crippen LogP contribution < -0.4 is 5.32 Å². The molecule has 1 N–H and O–H groups in total. The van der Waals surface area contributed by atoms with Crippen molar-refractivity contribution in [1.82, 2.24) is 4.90 Å². The Hall–Kier alpha value is -2.63. The Kier molecular flexibility index (Phi) is 6.49. The molecule has 0 spiro atoms. The van der Waals surface area contributed by atoms with Crippen LogP contribution in [0.25, 0.3) is 6.08 Å². The molecule has 2 aromatic rings. The highest BCUT2D eigenvalue weighted by Crippen LogP contribution is 2.21. The number of morpholine rings is 1. The van der Waals surface area contributed by atoms with Crippen LogP contribution in [0.3, 0.4) is 0 Å². The number of ether oxygens (including phenoxy) is 1. The van der Waals surface area contributed by atoms with Gasteiger partial charge in [-0.15, -0.1) is 0 Å². The molecular formula is C22H23ClN2O3. The number of hydrogen-bond donors (Lipinski definition) is 1. The van der Waals surface area contributed by atoms with Crippen molar-refractivity contribution in [2.75, 3.05) is 31.6 Å². The minimum Gasteiger partial charge on any atom is -0.378 e. The van der Waals surface area contributed by atoms with Crippen LogP contribution in [-0.2, 0) is 9.53 Å². The van der Waals surface area contributed by atoms with Crippen molar-refractivity contribution in [1.29, 1.82) is 0 Å². The van der Waals surface area contributed by atoms with Crippen molar-refractivity contribution >= 4 is 35.2 Å². The van der Waals surface area contributed by atoms with Crippen LogP contribution in [0.4, 0.5) is 5.69 Å². The monoisotopic (exact) mass is 398 g/mol. The average Bonchev–Trinajstić information content (AvgIpc) is 2.70. The minimum absolute atomic E-state index is 0.0401. The van der Waals surface area contributed by atoms with E-state index in [2.05, 4.69) is 5.32 Å². The molecule has 1 heterocycles. The highest BCUT2D eigenvalue weighted by molar-refractivity contribution is 6.31. The number of carbonyl (C=O) groups excluding carboxylic acids is 2. The molecule has 1 saturated heterocycles. The summed E-state index contributed by atoms with van der Waals surface area (Å²) in [5, 5.41) is 3.51. The second-order valence-corrected chi connectivity index (χ2v) is 7.12. The number of amides is 2. The summed E-state index contributed by atoms with van der Waals surface area (Å²) in [6, 6.07) is 11.0. The molecule has 2 aromatic carbocycles. The molecular weight excluding hydrogens is 376 g/mol. The lowest BCUT2D eigenvalue weighted by atomic mass is 10.0. The van der Waals surface area contributed by atoms with Gasteiger partial charge < -0.3 is 15.0 Å². The summed E-state index contributed by atoms with van der Waals surface area (Å²) in [4.78, 5) is 26.9. The van der Waals surface area contributed by atoms with Crippen LogP contribution in [0.15, 0.2) is 42.5 Å². The maximum Gasteiger partial charge on any atom is 0.254 e. The summed E-state index contributed by atoms with van der Waals surface area (Å²) >= 11 is 6.11. The van der Waals surface area contributed by atoms with Crippen molar-refractivity contribution < 1.29 is 14.3 Å². The van der Waals surface area contributed by atoms with Gasteiger partial charge in [0, 0.05) is 35.4 Å². The lowest BCUT2D eigenvalue weighted by molar-refractivity contribution is -0.111. The third-order valence-electron chi connectivity index (χ3n) is 4.74. The molecule has 0 aromatic heterocycles. The van der Waals surface area contributed by atoms with E-state index in [0.29, 0.717) is 42.6 Å². The molecule has 2 amide bonds. The van der Waals surface area contributed by atoms with Crippen molar-refractivity contribution in [3.63, 3.8) is 0 Å². The zero-order valence-corrected chi connectivity index (χ0v) is 16.8. The fourth-order valence-corrected chi connectivity index (χ4v) is 3.19. The van der Waals surface area contributed by atoms with E-state index < -0.39 is 0 Å². The minimum atomic E-state index is -0.268. The normalized spacial score (nSPS) is 14.3. The van der Waals surface area contributed by atoms with E-state index in [9.17, 15) is 9.59 Å². The largest absolute Gasteiger partial charge is 0.378 e. The first kappa shape index (κ1) is 20.1. The number of nitrogens with one attached hydrogen (secondary N) is 1. The van der Waals surface area contributed by atoms with Crippen molar-refractivity contribution in [2.45, 2.75) is 13.8 Å². The molecule has 0 atom stereocenters. The number of anilines is 1. The molecule has 0 radical (unpaired) electrons. The first-order valence-electron chi connectivity index (χ1n) is 9.17. The van der Waals surface area contributed by atoms with E-state index in [0.717, 1.165) is 16.7 Å². The van der Waals surface area contributed by atoms with Gasteiger partial charge in [-0.05, 0) is 54.8 Å². The number of benzene rings is 2. The smallest absolute Gasteiger partial charge is 0.254 e. The van der Waals surface area contributed by atoms with Gasteiger partial charge >= 0.3 is 0 Å². The molecule has 1 aliphatic heterocycles. The van der Waals surface area contributed by atoms with E-state index in [1.807, 2.05) is 32.0 Å². The molecule has 0 bridgehead atoms. The third kappa shape index (κ3) is 4.80. The summed E-state index contributed by atoms with van der Waals surface area (Å²) in [6.45, 7) is 6.03. The Labute approximate surface area is 169 Å². The maximum atomic E-state index is 12.8. The quantitative estimate of drug-likeness (QED) is 0.789. The lowest BCUT2D eigenvalue weighted by Crippen LogP contribution is -2.41. The Morgan fingerprint density at radius 3 is 2.61 bits per heavy atom.